The number of rotatable bonds is 3. The fourth-order valence-corrected chi connectivity index (χ4v) is 2.15. The number of aryl methyl sites for hydroxylation is 1. The van der Waals surface area contributed by atoms with Gasteiger partial charge in [-0.25, -0.2) is 4.98 Å². The molecule has 0 spiro atoms. The van der Waals surface area contributed by atoms with Gasteiger partial charge in [0, 0.05) is 11.9 Å². The van der Waals surface area contributed by atoms with Crippen LogP contribution in [-0.2, 0) is 0 Å². The Bertz CT molecular complexity index is 884. The van der Waals surface area contributed by atoms with Gasteiger partial charge >= 0.3 is 0 Å². The zero-order valence-electron chi connectivity index (χ0n) is 12.0. The third kappa shape index (κ3) is 2.54. The number of hydrogen-bond donors (Lipinski definition) is 2. The summed E-state index contributed by atoms with van der Waals surface area (Å²) in [5.74, 6) is 5.49. The van der Waals surface area contributed by atoms with Gasteiger partial charge in [-0.05, 0) is 43.3 Å². The number of nitrogens with one attached hydrogen (secondary N) is 1. The highest BCUT2D eigenvalue weighted by Gasteiger charge is 2.15. The van der Waals surface area contributed by atoms with Crippen molar-refractivity contribution in [2.75, 3.05) is 0 Å². The lowest BCUT2D eigenvalue weighted by atomic mass is 10.1. The molecule has 0 aliphatic heterocycles. The lowest BCUT2D eigenvalue weighted by Gasteiger charge is -2.07. The van der Waals surface area contributed by atoms with Crippen molar-refractivity contribution in [2.45, 2.75) is 6.92 Å². The first-order valence-corrected chi connectivity index (χ1v) is 6.72. The summed E-state index contributed by atoms with van der Waals surface area (Å²) >= 11 is 0. The quantitative estimate of drug-likeness (QED) is 0.438. The Morgan fingerprint density at radius 2 is 1.86 bits per heavy atom. The Morgan fingerprint density at radius 3 is 2.64 bits per heavy atom. The Kier molecular flexibility index (Phi) is 3.57. The Morgan fingerprint density at radius 1 is 1.00 bits per heavy atom. The monoisotopic (exact) mass is 290 g/mol. The first-order valence-electron chi connectivity index (χ1n) is 6.72. The predicted molar refractivity (Wildman–Crippen MR) is 86.1 cm³/mol. The Balaban J connectivity index is 2.04. The number of nitrogens with zero attached hydrogens (tertiary/aromatic N) is 4. The molecular weight excluding hydrogens is 276 g/mol. The van der Waals surface area contributed by atoms with Crippen molar-refractivity contribution in [1.29, 1.82) is 5.41 Å². The largest absolute Gasteiger partial charge is 0.323 e. The maximum absolute atomic E-state index is 8.30. The summed E-state index contributed by atoms with van der Waals surface area (Å²) < 4.78 is 0. The average molecular weight is 290 g/mol. The number of hydrogen-bond acceptors (Lipinski definition) is 6. The van der Waals surface area contributed by atoms with E-state index in [9.17, 15) is 0 Å². The van der Waals surface area contributed by atoms with E-state index in [1.807, 2.05) is 37.3 Å². The first kappa shape index (κ1) is 13.8. The molecule has 0 fully saturated rings. The van der Waals surface area contributed by atoms with Gasteiger partial charge in [0.1, 0.15) is 11.4 Å². The molecule has 3 heterocycles. The third-order valence-electron chi connectivity index (χ3n) is 3.21. The third-order valence-corrected chi connectivity index (χ3v) is 3.21. The van der Waals surface area contributed by atoms with Crippen LogP contribution in [0.2, 0.25) is 0 Å². The van der Waals surface area contributed by atoms with Crippen molar-refractivity contribution in [1.82, 2.24) is 15.0 Å². The maximum atomic E-state index is 8.30. The molecule has 0 unspecified atom stereocenters. The summed E-state index contributed by atoms with van der Waals surface area (Å²) in [6.07, 6.45) is 1.71. The maximum Gasteiger partial charge on any atom is 0.135 e. The molecule has 22 heavy (non-hydrogen) atoms. The van der Waals surface area contributed by atoms with Crippen molar-refractivity contribution in [3.63, 3.8) is 0 Å². The van der Waals surface area contributed by atoms with E-state index < -0.39 is 0 Å². The number of pyridine rings is 3. The smallest absolute Gasteiger partial charge is 0.135 e. The van der Waals surface area contributed by atoms with Crippen LogP contribution in [0.15, 0.2) is 53.8 Å². The summed E-state index contributed by atoms with van der Waals surface area (Å²) in [4.78, 5) is 13.0. The van der Waals surface area contributed by atoms with Gasteiger partial charge in [0.25, 0.3) is 0 Å². The fraction of sp³-hybridized carbons (Fsp3) is 0.0625. The summed E-state index contributed by atoms with van der Waals surface area (Å²) in [7, 11) is 0. The summed E-state index contributed by atoms with van der Waals surface area (Å²) in [6, 6.07) is 12.7. The van der Waals surface area contributed by atoms with Crippen LogP contribution in [0.5, 0.6) is 0 Å². The van der Waals surface area contributed by atoms with Gasteiger partial charge in [0.2, 0.25) is 0 Å². The summed E-state index contributed by atoms with van der Waals surface area (Å²) in [5.41, 5.74) is 3.81. The highest BCUT2D eigenvalue weighted by molar-refractivity contribution is 6.51. The number of fused-ring (bicyclic) bond motifs is 1. The van der Waals surface area contributed by atoms with Crippen LogP contribution in [0.3, 0.4) is 0 Å². The van der Waals surface area contributed by atoms with Crippen molar-refractivity contribution < 1.29 is 0 Å². The van der Waals surface area contributed by atoms with E-state index in [4.69, 9.17) is 11.3 Å². The topological polar surface area (TPSA) is 101 Å². The van der Waals surface area contributed by atoms with Crippen LogP contribution in [-0.4, -0.2) is 26.4 Å². The van der Waals surface area contributed by atoms with E-state index >= 15 is 0 Å². The lowest BCUT2D eigenvalue weighted by Crippen LogP contribution is -2.20. The van der Waals surface area contributed by atoms with Crippen LogP contribution in [0.4, 0.5) is 0 Å². The summed E-state index contributed by atoms with van der Waals surface area (Å²) in [6.45, 7) is 1.87. The first-order chi connectivity index (χ1) is 10.7. The van der Waals surface area contributed by atoms with Gasteiger partial charge in [0.15, 0.2) is 0 Å². The van der Waals surface area contributed by atoms with Crippen LogP contribution in [0, 0.1) is 12.3 Å². The van der Waals surface area contributed by atoms with Crippen molar-refractivity contribution in [2.24, 2.45) is 10.9 Å². The van der Waals surface area contributed by atoms with E-state index in [0.717, 1.165) is 16.7 Å². The fourth-order valence-electron chi connectivity index (χ4n) is 2.15. The molecule has 0 bridgehead atoms. The molecule has 3 aromatic heterocycles. The molecule has 6 heteroatoms. The van der Waals surface area contributed by atoms with E-state index in [1.54, 1.807) is 18.3 Å². The average Bonchev–Trinajstić information content (AvgIpc) is 2.55. The van der Waals surface area contributed by atoms with Gasteiger partial charge in [-0.3, -0.25) is 15.4 Å². The molecule has 0 saturated heterocycles. The number of hydrazone groups is 1. The van der Waals surface area contributed by atoms with Gasteiger partial charge in [-0.15, -0.1) is 0 Å². The molecule has 6 nitrogen and oxygen atoms in total. The SMILES string of the molecule is Cc1cccc(C(=N)/C(=N\N)c2ccc3ncccc3n2)n1. The van der Waals surface area contributed by atoms with E-state index in [0.29, 0.717) is 17.1 Å². The molecule has 0 atom stereocenters. The van der Waals surface area contributed by atoms with E-state index in [-0.39, 0.29) is 5.71 Å². The zero-order valence-corrected chi connectivity index (χ0v) is 12.0. The molecule has 108 valence electrons. The molecule has 3 rings (SSSR count). The molecule has 0 aromatic carbocycles. The van der Waals surface area contributed by atoms with Crippen molar-refractivity contribution in [3.05, 3.63) is 65.7 Å². The minimum Gasteiger partial charge on any atom is -0.323 e. The zero-order chi connectivity index (χ0) is 15.5. The van der Waals surface area contributed by atoms with E-state index in [2.05, 4.69) is 20.1 Å². The molecule has 0 aliphatic carbocycles. The second-order valence-electron chi connectivity index (χ2n) is 4.76. The second-order valence-corrected chi connectivity index (χ2v) is 4.76. The number of nitrogens with two attached hydrogens (primary N) is 1. The van der Waals surface area contributed by atoms with Crippen molar-refractivity contribution >= 4 is 22.5 Å². The van der Waals surface area contributed by atoms with Crippen molar-refractivity contribution in [3.8, 4) is 0 Å². The standard InChI is InChI=1S/C16H14N6/c1-10-4-2-5-13(20-10)15(17)16(22-18)14-8-7-11-12(21-14)6-3-9-19-11/h2-9,17H,18H2,1H3/b17-15?,22-16-. The highest BCUT2D eigenvalue weighted by atomic mass is 15.1. The Hall–Kier alpha value is -3.15. The summed E-state index contributed by atoms with van der Waals surface area (Å²) in [5, 5.41) is 12.0. The minimum absolute atomic E-state index is 0.141. The van der Waals surface area contributed by atoms with Gasteiger partial charge < -0.3 is 5.84 Å². The number of aromatic nitrogens is 3. The molecule has 3 N–H and O–H groups in total. The van der Waals surface area contributed by atoms with Crippen LogP contribution >= 0.6 is 0 Å². The lowest BCUT2D eigenvalue weighted by molar-refractivity contribution is 1.17. The van der Waals surface area contributed by atoms with Crippen LogP contribution in [0.25, 0.3) is 11.0 Å². The Labute approximate surface area is 127 Å². The van der Waals surface area contributed by atoms with Gasteiger partial charge in [-0.1, -0.05) is 6.07 Å². The predicted octanol–water partition coefficient (Wildman–Crippen LogP) is 2.06. The molecule has 0 radical (unpaired) electrons. The molecular formula is C16H14N6. The second kappa shape index (κ2) is 5.69. The molecule has 0 saturated carbocycles. The van der Waals surface area contributed by atoms with E-state index in [1.165, 1.54) is 0 Å². The van der Waals surface area contributed by atoms with Crippen LogP contribution < -0.4 is 5.84 Å². The highest BCUT2D eigenvalue weighted by Crippen LogP contribution is 2.12. The molecule has 0 amide bonds. The molecule has 3 aromatic rings. The van der Waals surface area contributed by atoms with Crippen LogP contribution in [0.1, 0.15) is 17.1 Å². The van der Waals surface area contributed by atoms with Gasteiger partial charge in [-0.2, -0.15) is 5.10 Å². The normalized spacial score (nSPS) is 11.6. The molecule has 0 aliphatic rings. The van der Waals surface area contributed by atoms with Gasteiger partial charge in [0.05, 0.1) is 22.4 Å². The minimum atomic E-state index is 0.141.